The molecule has 0 aliphatic carbocycles. The molecule has 2 aromatic carbocycles. The highest BCUT2D eigenvalue weighted by Crippen LogP contribution is 2.24. The van der Waals surface area contributed by atoms with Crippen molar-refractivity contribution >= 4 is 5.96 Å². The van der Waals surface area contributed by atoms with Crippen LogP contribution >= 0.6 is 0 Å². The van der Waals surface area contributed by atoms with E-state index in [1.807, 2.05) is 0 Å². The maximum Gasteiger partial charge on any atom is 0.191 e. The Balaban J connectivity index is 1.48. The molecule has 0 bridgehead atoms. The van der Waals surface area contributed by atoms with Crippen molar-refractivity contribution in [3.8, 4) is 11.5 Å². The van der Waals surface area contributed by atoms with Crippen LogP contribution in [0.2, 0.25) is 0 Å². The number of benzene rings is 2. The lowest BCUT2D eigenvalue weighted by atomic mass is 10.1. The van der Waals surface area contributed by atoms with Crippen molar-refractivity contribution in [3.05, 3.63) is 89.8 Å². The summed E-state index contributed by atoms with van der Waals surface area (Å²) in [5.41, 5.74) is 1.78. The Morgan fingerprint density at radius 3 is 2.52 bits per heavy atom. The van der Waals surface area contributed by atoms with Crippen LogP contribution in [0.25, 0.3) is 0 Å². The Bertz CT molecular complexity index is 947. The van der Waals surface area contributed by atoms with E-state index >= 15 is 0 Å². The standard InChI is InChI=1S/C22H22F2N4O/c1-25-22(27-12-10-16-4-7-18(23)8-5-16)28-14-17-6-9-21(20(24)13-17)29-19-3-2-11-26-15-19/h2-9,11,13,15H,10,12,14H2,1H3,(H2,25,27,28). The van der Waals surface area contributed by atoms with Crippen LogP contribution in [-0.4, -0.2) is 24.5 Å². The summed E-state index contributed by atoms with van der Waals surface area (Å²) in [5, 5.41) is 6.32. The Kier molecular flexibility index (Phi) is 7.10. The maximum atomic E-state index is 14.3. The summed E-state index contributed by atoms with van der Waals surface area (Å²) >= 11 is 0. The summed E-state index contributed by atoms with van der Waals surface area (Å²) in [6.07, 6.45) is 3.88. The number of nitrogens with one attached hydrogen (secondary N) is 2. The molecule has 0 saturated carbocycles. The zero-order chi connectivity index (χ0) is 20.5. The van der Waals surface area contributed by atoms with E-state index in [0.717, 1.165) is 17.5 Å². The fraction of sp³-hybridized carbons (Fsp3) is 0.182. The Labute approximate surface area is 168 Å². The summed E-state index contributed by atoms with van der Waals surface area (Å²) < 4.78 is 32.7. The quantitative estimate of drug-likeness (QED) is 0.467. The molecule has 150 valence electrons. The summed E-state index contributed by atoms with van der Waals surface area (Å²) in [5.74, 6) is 0.519. The highest BCUT2D eigenvalue weighted by Gasteiger charge is 2.07. The molecule has 0 radical (unpaired) electrons. The summed E-state index contributed by atoms with van der Waals surface area (Å²) in [6, 6.07) is 14.6. The first-order chi connectivity index (χ1) is 14.1. The molecule has 0 aliphatic rings. The SMILES string of the molecule is CN=C(NCCc1ccc(F)cc1)NCc1ccc(Oc2cccnc2)c(F)c1. The minimum absolute atomic E-state index is 0.142. The molecule has 2 N–H and O–H groups in total. The van der Waals surface area contributed by atoms with Gasteiger partial charge in [0.1, 0.15) is 11.6 Å². The number of halogens is 2. The first kappa shape index (κ1) is 20.3. The largest absolute Gasteiger partial charge is 0.453 e. The fourth-order valence-corrected chi connectivity index (χ4v) is 2.65. The van der Waals surface area contributed by atoms with E-state index in [4.69, 9.17) is 4.74 Å². The van der Waals surface area contributed by atoms with E-state index in [0.29, 0.717) is 24.8 Å². The van der Waals surface area contributed by atoms with Crippen molar-refractivity contribution in [1.29, 1.82) is 0 Å². The average Bonchev–Trinajstić information content (AvgIpc) is 2.74. The average molecular weight is 396 g/mol. The molecule has 0 aliphatic heterocycles. The molecule has 1 aromatic heterocycles. The van der Waals surface area contributed by atoms with Gasteiger partial charge in [-0.15, -0.1) is 0 Å². The maximum absolute atomic E-state index is 14.3. The Morgan fingerprint density at radius 2 is 1.83 bits per heavy atom. The van der Waals surface area contributed by atoms with E-state index in [-0.39, 0.29) is 11.6 Å². The number of rotatable bonds is 7. The fourth-order valence-electron chi connectivity index (χ4n) is 2.65. The lowest BCUT2D eigenvalue weighted by Gasteiger charge is -2.13. The van der Waals surface area contributed by atoms with Crippen LogP contribution in [0.3, 0.4) is 0 Å². The van der Waals surface area contributed by atoms with E-state index < -0.39 is 5.82 Å². The minimum atomic E-state index is -0.451. The number of aliphatic imine (C=N–C) groups is 1. The van der Waals surface area contributed by atoms with Gasteiger partial charge in [-0.05, 0) is 53.9 Å². The second kappa shape index (κ2) is 10.2. The second-order valence-corrected chi connectivity index (χ2v) is 6.28. The molecule has 0 unspecified atom stereocenters. The van der Waals surface area contributed by atoms with Crippen LogP contribution in [0.5, 0.6) is 11.5 Å². The van der Waals surface area contributed by atoms with E-state index in [9.17, 15) is 8.78 Å². The lowest BCUT2D eigenvalue weighted by Crippen LogP contribution is -2.37. The van der Waals surface area contributed by atoms with Crippen molar-refractivity contribution < 1.29 is 13.5 Å². The molecule has 5 nitrogen and oxygen atoms in total. The number of hydrogen-bond donors (Lipinski definition) is 2. The second-order valence-electron chi connectivity index (χ2n) is 6.28. The summed E-state index contributed by atoms with van der Waals surface area (Å²) in [7, 11) is 1.67. The highest BCUT2D eigenvalue weighted by molar-refractivity contribution is 5.79. The molecule has 3 aromatic rings. The van der Waals surface area contributed by atoms with Crippen molar-refractivity contribution in [1.82, 2.24) is 15.6 Å². The van der Waals surface area contributed by atoms with Gasteiger partial charge in [-0.3, -0.25) is 9.98 Å². The molecule has 0 fully saturated rings. The van der Waals surface area contributed by atoms with Crippen LogP contribution in [-0.2, 0) is 13.0 Å². The summed E-state index contributed by atoms with van der Waals surface area (Å²) in [4.78, 5) is 8.09. The molecule has 0 amide bonds. The number of aromatic nitrogens is 1. The predicted octanol–water partition coefficient (Wildman–Crippen LogP) is 4.06. The first-order valence-corrected chi connectivity index (χ1v) is 9.19. The predicted molar refractivity (Wildman–Crippen MR) is 109 cm³/mol. The number of pyridine rings is 1. The van der Waals surface area contributed by atoms with Gasteiger partial charge in [0, 0.05) is 26.3 Å². The zero-order valence-electron chi connectivity index (χ0n) is 16.0. The monoisotopic (exact) mass is 396 g/mol. The van der Waals surface area contributed by atoms with Crippen LogP contribution in [0.1, 0.15) is 11.1 Å². The van der Waals surface area contributed by atoms with Gasteiger partial charge in [-0.1, -0.05) is 18.2 Å². The van der Waals surface area contributed by atoms with Crippen molar-refractivity contribution in [2.45, 2.75) is 13.0 Å². The van der Waals surface area contributed by atoms with Crippen molar-refractivity contribution in [2.75, 3.05) is 13.6 Å². The van der Waals surface area contributed by atoms with Gasteiger partial charge in [0.25, 0.3) is 0 Å². The smallest absolute Gasteiger partial charge is 0.191 e. The van der Waals surface area contributed by atoms with Crippen LogP contribution in [0, 0.1) is 11.6 Å². The van der Waals surface area contributed by atoms with E-state index in [2.05, 4.69) is 20.6 Å². The highest BCUT2D eigenvalue weighted by atomic mass is 19.1. The van der Waals surface area contributed by atoms with Gasteiger partial charge in [0.15, 0.2) is 17.5 Å². The third kappa shape index (κ3) is 6.27. The topological polar surface area (TPSA) is 58.5 Å². The number of ether oxygens (including phenoxy) is 1. The number of nitrogens with zero attached hydrogens (tertiary/aromatic N) is 2. The van der Waals surface area contributed by atoms with Gasteiger partial charge in [-0.25, -0.2) is 8.78 Å². The molecule has 29 heavy (non-hydrogen) atoms. The molecule has 7 heteroatoms. The molecule has 0 spiro atoms. The lowest BCUT2D eigenvalue weighted by molar-refractivity contribution is 0.440. The third-order valence-corrected chi connectivity index (χ3v) is 4.16. The minimum Gasteiger partial charge on any atom is -0.453 e. The first-order valence-electron chi connectivity index (χ1n) is 9.19. The normalized spacial score (nSPS) is 11.2. The Hall–Kier alpha value is -3.48. The van der Waals surface area contributed by atoms with E-state index in [1.54, 1.807) is 49.6 Å². The van der Waals surface area contributed by atoms with Crippen molar-refractivity contribution in [2.24, 2.45) is 4.99 Å². The van der Waals surface area contributed by atoms with Gasteiger partial charge in [0.05, 0.1) is 6.20 Å². The third-order valence-electron chi connectivity index (χ3n) is 4.16. The molecular weight excluding hydrogens is 374 g/mol. The number of guanidine groups is 1. The molecular formula is C22H22F2N4O. The van der Waals surface area contributed by atoms with Crippen LogP contribution in [0.15, 0.2) is 72.0 Å². The van der Waals surface area contributed by atoms with Gasteiger partial charge in [0.2, 0.25) is 0 Å². The Morgan fingerprint density at radius 1 is 1.03 bits per heavy atom. The summed E-state index contributed by atoms with van der Waals surface area (Å²) in [6.45, 7) is 1.04. The number of hydrogen-bond acceptors (Lipinski definition) is 3. The molecule has 1 heterocycles. The van der Waals surface area contributed by atoms with E-state index in [1.165, 1.54) is 24.4 Å². The van der Waals surface area contributed by atoms with Crippen molar-refractivity contribution in [3.63, 3.8) is 0 Å². The zero-order valence-corrected chi connectivity index (χ0v) is 16.0. The van der Waals surface area contributed by atoms with Gasteiger partial charge < -0.3 is 15.4 Å². The van der Waals surface area contributed by atoms with Crippen LogP contribution < -0.4 is 15.4 Å². The molecule has 3 rings (SSSR count). The van der Waals surface area contributed by atoms with Crippen LogP contribution in [0.4, 0.5) is 8.78 Å². The van der Waals surface area contributed by atoms with Gasteiger partial charge in [-0.2, -0.15) is 0 Å². The van der Waals surface area contributed by atoms with Gasteiger partial charge >= 0.3 is 0 Å². The molecule has 0 atom stereocenters. The molecule has 0 saturated heterocycles.